The van der Waals surface area contributed by atoms with E-state index in [0.29, 0.717) is 18.4 Å². The maximum Gasteiger partial charge on any atom is 0.188 e. The predicted molar refractivity (Wildman–Crippen MR) is 84.6 cm³/mol. The molecule has 0 radical (unpaired) electrons. The van der Waals surface area contributed by atoms with Gasteiger partial charge in [-0.15, -0.1) is 0 Å². The van der Waals surface area contributed by atoms with Crippen molar-refractivity contribution in [3.63, 3.8) is 0 Å². The van der Waals surface area contributed by atoms with Gasteiger partial charge in [0.05, 0.1) is 6.61 Å². The fourth-order valence-electron chi connectivity index (χ4n) is 3.37. The Morgan fingerprint density at radius 3 is 2.86 bits per heavy atom. The number of hydrogen-bond donors (Lipinski definition) is 0. The zero-order chi connectivity index (χ0) is 14.7. The van der Waals surface area contributed by atoms with Gasteiger partial charge in [-0.1, -0.05) is 31.2 Å². The Labute approximate surface area is 127 Å². The van der Waals surface area contributed by atoms with Gasteiger partial charge >= 0.3 is 0 Å². The zero-order valence-electron chi connectivity index (χ0n) is 12.8. The highest BCUT2D eigenvalue weighted by Crippen LogP contribution is 2.25. The van der Waals surface area contributed by atoms with Crippen LogP contribution >= 0.6 is 0 Å². The Morgan fingerprint density at radius 2 is 2.00 bits per heavy atom. The standard InChI is InChI=1S/C19H24O2/c1-14-5-2-3-6-18(14)12-21-13-19(20)17-10-9-15-7-4-8-16(15)11-17/h2-3,9-11,14,18H,4-8,12-13H2,1H3. The molecule has 0 aliphatic heterocycles. The number of rotatable bonds is 5. The smallest absolute Gasteiger partial charge is 0.188 e. The van der Waals surface area contributed by atoms with Crippen molar-refractivity contribution in [1.82, 2.24) is 0 Å². The van der Waals surface area contributed by atoms with Crippen molar-refractivity contribution >= 4 is 5.78 Å². The van der Waals surface area contributed by atoms with Gasteiger partial charge in [0.25, 0.3) is 0 Å². The minimum atomic E-state index is 0.115. The van der Waals surface area contributed by atoms with E-state index in [4.69, 9.17) is 4.74 Å². The number of allylic oxidation sites excluding steroid dienone is 2. The Balaban J connectivity index is 1.51. The van der Waals surface area contributed by atoms with Crippen LogP contribution in [0.15, 0.2) is 30.4 Å². The van der Waals surface area contributed by atoms with E-state index in [0.717, 1.165) is 31.2 Å². The Bertz CT molecular complexity index is 544. The molecule has 0 saturated carbocycles. The SMILES string of the molecule is CC1CC=CCC1COCC(=O)c1ccc2c(c1)CCC2. The average Bonchev–Trinajstić information content (AvgIpc) is 2.96. The van der Waals surface area contributed by atoms with Crippen LogP contribution in [-0.4, -0.2) is 19.0 Å². The molecule has 1 aromatic rings. The molecule has 0 heterocycles. The van der Waals surface area contributed by atoms with Crippen LogP contribution in [-0.2, 0) is 17.6 Å². The quantitative estimate of drug-likeness (QED) is 0.604. The van der Waals surface area contributed by atoms with E-state index < -0.39 is 0 Å². The van der Waals surface area contributed by atoms with Gasteiger partial charge in [-0.3, -0.25) is 4.79 Å². The summed E-state index contributed by atoms with van der Waals surface area (Å²) in [6.07, 6.45) is 10.2. The largest absolute Gasteiger partial charge is 0.373 e. The van der Waals surface area contributed by atoms with Crippen molar-refractivity contribution in [2.24, 2.45) is 11.8 Å². The van der Waals surface area contributed by atoms with Crippen LogP contribution in [0.1, 0.15) is 47.7 Å². The molecule has 0 spiro atoms. The lowest BCUT2D eigenvalue weighted by Crippen LogP contribution is -2.21. The molecule has 0 bridgehead atoms. The van der Waals surface area contributed by atoms with Crippen LogP contribution in [0, 0.1) is 11.8 Å². The molecule has 0 amide bonds. The highest BCUT2D eigenvalue weighted by Gasteiger charge is 2.19. The zero-order valence-corrected chi connectivity index (χ0v) is 12.8. The van der Waals surface area contributed by atoms with Crippen molar-refractivity contribution in [3.8, 4) is 0 Å². The molecule has 0 fully saturated rings. The summed E-state index contributed by atoms with van der Waals surface area (Å²) in [6, 6.07) is 6.14. The lowest BCUT2D eigenvalue weighted by Gasteiger charge is -2.24. The number of carbonyl (C=O) groups is 1. The third-order valence-corrected chi connectivity index (χ3v) is 4.90. The molecule has 2 nitrogen and oxygen atoms in total. The summed E-state index contributed by atoms with van der Waals surface area (Å²) in [4.78, 5) is 12.2. The molecule has 2 atom stereocenters. The minimum Gasteiger partial charge on any atom is -0.373 e. The van der Waals surface area contributed by atoms with Crippen LogP contribution in [0.5, 0.6) is 0 Å². The first-order valence-corrected chi connectivity index (χ1v) is 8.12. The molecule has 3 rings (SSSR count). The van der Waals surface area contributed by atoms with Gasteiger partial charge in [-0.25, -0.2) is 0 Å². The second-order valence-electron chi connectivity index (χ2n) is 6.46. The average molecular weight is 284 g/mol. The molecule has 0 saturated heterocycles. The number of benzene rings is 1. The third kappa shape index (κ3) is 3.44. The molecule has 2 unspecified atom stereocenters. The summed E-state index contributed by atoms with van der Waals surface area (Å²) < 4.78 is 5.70. The second kappa shape index (κ2) is 6.57. The highest BCUT2D eigenvalue weighted by molar-refractivity contribution is 5.97. The van der Waals surface area contributed by atoms with Crippen LogP contribution in [0.3, 0.4) is 0 Å². The van der Waals surface area contributed by atoms with E-state index in [-0.39, 0.29) is 12.4 Å². The maximum absolute atomic E-state index is 12.2. The fraction of sp³-hybridized carbons (Fsp3) is 0.526. The molecule has 2 heteroatoms. The van der Waals surface area contributed by atoms with E-state index in [1.807, 2.05) is 6.07 Å². The number of carbonyl (C=O) groups excluding carboxylic acids is 1. The number of Topliss-reactive ketones (excluding diaryl/α,β-unsaturated/α-hetero) is 1. The van der Waals surface area contributed by atoms with Crippen molar-refractivity contribution in [3.05, 3.63) is 47.0 Å². The number of hydrogen-bond acceptors (Lipinski definition) is 2. The molecular weight excluding hydrogens is 260 g/mol. The minimum absolute atomic E-state index is 0.115. The summed E-state index contributed by atoms with van der Waals surface area (Å²) in [6.45, 7) is 3.17. The van der Waals surface area contributed by atoms with Gasteiger partial charge in [0, 0.05) is 5.56 Å². The van der Waals surface area contributed by atoms with Crippen LogP contribution in [0.2, 0.25) is 0 Å². The third-order valence-electron chi connectivity index (χ3n) is 4.90. The molecule has 2 aliphatic carbocycles. The molecule has 0 N–H and O–H groups in total. The number of ether oxygens (including phenoxy) is 1. The van der Waals surface area contributed by atoms with Crippen molar-refractivity contribution in [1.29, 1.82) is 0 Å². The van der Waals surface area contributed by atoms with Crippen molar-refractivity contribution in [2.75, 3.05) is 13.2 Å². The van der Waals surface area contributed by atoms with Gasteiger partial charge in [-0.2, -0.15) is 0 Å². The lowest BCUT2D eigenvalue weighted by atomic mass is 9.85. The van der Waals surface area contributed by atoms with E-state index in [1.165, 1.54) is 17.5 Å². The van der Waals surface area contributed by atoms with Crippen molar-refractivity contribution < 1.29 is 9.53 Å². The first-order chi connectivity index (χ1) is 10.2. The van der Waals surface area contributed by atoms with Crippen LogP contribution < -0.4 is 0 Å². The monoisotopic (exact) mass is 284 g/mol. The molecule has 21 heavy (non-hydrogen) atoms. The second-order valence-corrected chi connectivity index (χ2v) is 6.46. The number of aryl methyl sites for hydroxylation is 2. The first-order valence-electron chi connectivity index (χ1n) is 8.12. The van der Waals surface area contributed by atoms with Crippen LogP contribution in [0.25, 0.3) is 0 Å². The molecular formula is C19H24O2. The Morgan fingerprint density at radius 1 is 1.19 bits per heavy atom. The Hall–Kier alpha value is -1.41. The van der Waals surface area contributed by atoms with Gasteiger partial charge in [0.1, 0.15) is 6.61 Å². The lowest BCUT2D eigenvalue weighted by molar-refractivity contribution is 0.0602. The fourth-order valence-corrected chi connectivity index (χ4v) is 3.37. The molecule has 112 valence electrons. The van der Waals surface area contributed by atoms with E-state index in [1.54, 1.807) is 0 Å². The summed E-state index contributed by atoms with van der Waals surface area (Å²) in [7, 11) is 0. The summed E-state index contributed by atoms with van der Waals surface area (Å²) in [5, 5.41) is 0. The van der Waals surface area contributed by atoms with Gasteiger partial charge < -0.3 is 4.74 Å². The number of fused-ring (bicyclic) bond motifs is 1. The number of ketones is 1. The predicted octanol–water partition coefficient (Wildman–Crippen LogP) is 3.98. The maximum atomic E-state index is 12.2. The van der Waals surface area contributed by atoms with Gasteiger partial charge in [0.2, 0.25) is 0 Å². The van der Waals surface area contributed by atoms with Gasteiger partial charge in [0.15, 0.2) is 5.78 Å². The summed E-state index contributed by atoms with van der Waals surface area (Å²) in [5.41, 5.74) is 3.58. The summed E-state index contributed by atoms with van der Waals surface area (Å²) in [5.74, 6) is 1.33. The molecule has 0 aromatic heterocycles. The van der Waals surface area contributed by atoms with E-state index in [2.05, 4.69) is 31.2 Å². The summed E-state index contributed by atoms with van der Waals surface area (Å²) >= 11 is 0. The van der Waals surface area contributed by atoms with Crippen LogP contribution in [0.4, 0.5) is 0 Å². The first kappa shape index (κ1) is 14.5. The van der Waals surface area contributed by atoms with E-state index in [9.17, 15) is 4.79 Å². The molecule has 1 aromatic carbocycles. The Kier molecular flexibility index (Phi) is 4.54. The van der Waals surface area contributed by atoms with Crippen molar-refractivity contribution in [2.45, 2.75) is 39.0 Å². The molecule has 2 aliphatic rings. The topological polar surface area (TPSA) is 26.3 Å². The normalized spacial score (nSPS) is 24.0. The highest BCUT2D eigenvalue weighted by atomic mass is 16.5. The van der Waals surface area contributed by atoms with Gasteiger partial charge in [-0.05, 0) is 61.1 Å². The van der Waals surface area contributed by atoms with E-state index >= 15 is 0 Å².